The maximum atomic E-state index is 2.54. The van der Waals surface area contributed by atoms with Crippen molar-refractivity contribution in [1.82, 2.24) is 0 Å². The van der Waals surface area contributed by atoms with E-state index in [1.807, 2.05) is 0 Å². The van der Waals surface area contributed by atoms with Gasteiger partial charge in [0.05, 0.1) is 0 Å². The molecule has 34 heavy (non-hydrogen) atoms. The van der Waals surface area contributed by atoms with E-state index in [9.17, 15) is 0 Å². The van der Waals surface area contributed by atoms with Crippen LogP contribution in [0.1, 0.15) is 47.9 Å². The second-order valence-corrected chi connectivity index (χ2v) is 10.2. The minimum Gasteiger partial charge on any atom is -0.0767 e. The number of hydrogen-bond acceptors (Lipinski definition) is 0. The van der Waals surface area contributed by atoms with Crippen molar-refractivity contribution in [3.63, 3.8) is 0 Å². The lowest BCUT2D eigenvalue weighted by molar-refractivity contribution is 0.267. The molecule has 0 radical (unpaired) electrons. The molecule has 0 saturated carbocycles. The summed E-state index contributed by atoms with van der Waals surface area (Å²) in [6.45, 7) is 4.90. The van der Waals surface area contributed by atoms with Crippen LogP contribution < -0.4 is 0 Å². The van der Waals surface area contributed by atoms with Crippen molar-refractivity contribution in [1.29, 1.82) is 0 Å². The summed E-state index contributed by atoms with van der Waals surface area (Å²) < 4.78 is 0. The van der Waals surface area contributed by atoms with Crippen LogP contribution in [-0.2, 0) is 0 Å². The summed E-state index contributed by atoms with van der Waals surface area (Å²) in [5, 5.41) is 0. The summed E-state index contributed by atoms with van der Waals surface area (Å²) >= 11 is 0. The van der Waals surface area contributed by atoms with Crippen molar-refractivity contribution in [2.24, 2.45) is 11.3 Å². The molecule has 1 atom stereocenters. The molecule has 0 bridgehead atoms. The fourth-order valence-corrected chi connectivity index (χ4v) is 6.21. The molecular formula is C34H30. The summed E-state index contributed by atoms with van der Waals surface area (Å²) in [6, 6.07) is 39.8. The summed E-state index contributed by atoms with van der Waals surface area (Å²) in [4.78, 5) is 0. The van der Waals surface area contributed by atoms with Gasteiger partial charge in [-0.1, -0.05) is 141 Å². The van der Waals surface area contributed by atoms with Gasteiger partial charge in [0.2, 0.25) is 0 Å². The van der Waals surface area contributed by atoms with E-state index in [1.165, 1.54) is 39.0 Å². The van der Waals surface area contributed by atoms with Crippen LogP contribution in [0.5, 0.6) is 0 Å². The Hall–Kier alpha value is -3.64. The first kappa shape index (κ1) is 20.9. The number of benzene rings is 4. The average molecular weight is 439 g/mol. The molecule has 0 heterocycles. The van der Waals surface area contributed by atoms with Gasteiger partial charge in [0, 0.05) is 17.8 Å². The van der Waals surface area contributed by atoms with Crippen LogP contribution in [0.15, 0.2) is 133 Å². The van der Waals surface area contributed by atoms with Gasteiger partial charge in [-0.2, -0.15) is 0 Å². The zero-order valence-electron chi connectivity index (χ0n) is 19.9. The molecule has 0 N–H and O–H groups in total. The molecule has 1 unspecified atom stereocenters. The van der Waals surface area contributed by atoms with Gasteiger partial charge in [-0.25, -0.2) is 0 Å². The molecule has 166 valence electrons. The number of allylic oxidation sites excluding steroid dienone is 4. The summed E-state index contributed by atoms with van der Waals surface area (Å²) in [6.07, 6.45) is 7.36. The van der Waals surface area contributed by atoms with Gasteiger partial charge in [0.25, 0.3) is 0 Å². The maximum absolute atomic E-state index is 2.54. The zero-order valence-corrected chi connectivity index (χ0v) is 19.9. The predicted molar refractivity (Wildman–Crippen MR) is 143 cm³/mol. The van der Waals surface area contributed by atoms with Crippen molar-refractivity contribution in [3.8, 4) is 11.1 Å². The Morgan fingerprint density at radius 1 is 0.588 bits per heavy atom. The molecular weight excluding hydrogens is 408 g/mol. The molecule has 4 aromatic rings. The van der Waals surface area contributed by atoms with Gasteiger partial charge in [-0.3, -0.25) is 0 Å². The van der Waals surface area contributed by atoms with Crippen LogP contribution in [-0.4, -0.2) is 0 Å². The van der Waals surface area contributed by atoms with Crippen molar-refractivity contribution >= 4 is 0 Å². The third kappa shape index (κ3) is 3.37. The van der Waals surface area contributed by atoms with Crippen molar-refractivity contribution in [3.05, 3.63) is 155 Å². The first-order valence-corrected chi connectivity index (χ1v) is 12.3. The molecule has 0 aliphatic heterocycles. The molecule has 0 fully saturated rings. The minimum absolute atomic E-state index is 0.0406. The van der Waals surface area contributed by atoms with Crippen molar-refractivity contribution < 1.29 is 0 Å². The van der Waals surface area contributed by atoms with Gasteiger partial charge in [-0.05, 0) is 44.4 Å². The highest BCUT2D eigenvalue weighted by Crippen LogP contribution is 2.56. The van der Waals surface area contributed by atoms with Gasteiger partial charge in [0.1, 0.15) is 0 Å². The van der Waals surface area contributed by atoms with Crippen LogP contribution in [0.25, 0.3) is 11.1 Å². The summed E-state index contributed by atoms with van der Waals surface area (Å²) in [7, 11) is 0. The standard InChI is InChI=1S/C34H30/c1-34(2,33-30-19-11-9-17-28(30)29-18-10-12-20-31(29)33)27-22-21-26(23-27)32(24-13-5-3-6-14-24)25-15-7-4-8-16-25/h3-23,27,32-33H,1-2H3. The van der Waals surface area contributed by atoms with Gasteiger partial charge < -0.3 is 0 Å². The Bertz CT molecular complexity index is 1290. The fourth-order valence-electron chi connectivity index (χ4n) is 6.21. The predicted octanol–water partition coefficient (Wildman–Crippen LogP) is 8.77. The minimum atomic E-state index is 0.0406. The fraction of sp³-hybridized carbons (Fsp3) is 0.176. The first-order chi connectivity index (χ1) is 16.6. The summed E-state index contributed by atoms with van der Waals surface area (Å²) in [5.41, 5.74) is 9.86. The van der Waals surface area contributed by atoms with Crippen LogP contribution in [0.2, 0.25) is 0 Å². The second kappa shape index (κ2) is 8.29. The van der Waals surface area contributed by atoms with Gasteiger partial charge >= 0.3 is 0 Å². The van der Waals surface area contributed by atoms with Crippen LogP contribution in [0.3, 0.4) is 0 Å². The third-order valence-corrected chi connectivity index (χ3v) is 7.90. The third-order valence-electron chi connectivity index (χ3n) is 7.90. The molecule has 0 aromatic heterocycles. The Kier molecular flexibility index (Phi) is 5.11. The highest BCUT2D eigenvalue weighted by molar-refractivity contribution is 5.79. The normalized spacial score (nSPS) is 17.0. The first-order valence-electron chi connectivity index (χ1n) is 12.3. The highest BCUT2D eigenvalue weighted by atomic mass is 14.5. The van der Waals surface area contributed by atoms with E-state index >= 15 is 0 Å². The Morgan fingerprint density at radius 3 is 1.59 bits per heavy atom. The van der Waals surface area contributed by atoms with Crippen LogP contribution >= 0.6 is 0 Å². The van der Waals surface area contributed by atoms with E-state index in [4.69, 9.17) is 0 Å². The monoisotopic (exact) mass is 438 g/mol. The summed E-state index contributed by atoms with van der Waals surface area (Å²) in [5.74, 6) is 0.987. The Balaban J connectivity index is 1.42. The Labute approximate surface area is 203 Å². The van der Waals surface area contributed by atoms with Gasteiger partial charge in [0.15, 0.2) is 0 Å². The topological polar surface area (TPSA) is 0 Å². The molecule has 6 rings (SSSR count). The lowest BCUT2D eigenvalue weighted by Crippen LogP contribution is -2.28. The van der Waals surface area contributed by atoms with E-state index in [0.29, 0.717) is 11.8 Å². The molecule has 2 aliphatic carbocycles. The molecule has 0 amide bonds. The number of fused-ring (bicyclic) bond motifs is 3. The highest BCUT2D eigenvalue weighted by Gasteiger charge is 2.43. The average Bonchev–Trinajstić information content (AvgIpc) is 3.50. The SMILES string of the molecule is CC(C)(C1C=CC(C(c2ccccc2)c2ccccc2)=C1)C1c2ccccc2-c2ccccc21. The van der Waals surface area contributed by atoms with Crippen molar-refractivity contribution in [2.45, 2.75) is 25.7 Å². The van der Waals surface area contributed by atoms with Crippen molar-refractivity contribution in [2.75, 3.05) is 0 Å². The smallest absolute Gasteiger partial charge is 0.0336 e. The number of rotatable bonds is 5. The second-order valence-electron chi connectivity index (χ2n) is 10.2. The molecule has 0 nitrogen and oxygen atoms in total. The lowest BCUT2D eigenvalue weighted by Gasteiger charge is -2.37. The van der Waals surface area contributed by atoms with E-state index < -0.39 is 0 Å². The largest absolute Gasteiger partial charge is 0.0767 e. The van der Waals surface area contributed by atoms with Gasteiger partial charge in [-0.15, -0.1) is 0 Å². The Morgan fingerprint density at radius 2 is 1.06 bits per heavy atom. The maximum Gasteiger partial charge on any atom is 0.0336 e. The molecule has 0 saturated heterocycles. The van der Waals surface area contributed by atoms with Crippen LogP contribution in [0, 0.1) is 11.3 Å². The molecule has 2 aliphatic rings. The lowest BCUT2D eigenvalue weighted by atomic mass is 9.66. The molecule has 0 heteroatoms. The number of hydrogen-bond donors (Lipinski definition) is 0. The van der Waals surface area contributed by atoms with E-state index in [1.54, 1.807) is 0 Å². The van der Waals surface area contributed by atoms with E-state index in [0.717, 1.165) is 0 Å². The van der Waals surface area contributed by atoms with E-state index in [2.05, 4.69) is 141 Å². The molecule has 0 spiro atoms. The van der Waals surface area contributed by atoms with E-state index in [-0.39, 0.29) is 11.3 Å². The zero-order chi connectivity index (χ0) is 23.1. The quantitative estimate of drug-likeness (QED) is 0.292. The molecule has 4 aromatic carbocycles. The van der Waals surface area contributed by atoms with Crippen LogP contribution in [0.4, 0.5) is 0 Å².